The lowest BCUT2D eigenvalue weighted by atomic mass is 10.1. The molecule has 0 aliphatic carbocycles. The normalized spacial score (nSPS) is 10.7. The molecule has 106 valence electrons. The van der Waals surface area contributed by atoms with Crippen molar-refractivity contribution in [3.8, 4) is 11.3 Å². The van der Waals surface area contributed by atoms with Crippen LogP contribution in [0.1, 0.15) is 19.0 Å². The predicted octanol–water partition coefficient (Wildman–Crippen LogP) is 3.69. The van der Waals surface area contributed by atoms with Crippen LogP contribution in [0, 0.1) is 24.4 Å². The van der Waals surface area contributed by atoms with E-state index in [1.54, 1.807) is 6.92 Å². The van der Waals surface area contributed by atoms with E-state index >= 15 is 0 Å². The molecule has 0 saturated carbocycles. The average Bonchev–Trinajstić information content (AvgIpc) is 2.40. The molecule has 2 rings (SSSR count). The summed E-state index contributed by atoms with van der Waals surface area (Å²) in [5.74, 6) is -2.85. The second-order valence-corrected chi connectivity index (χ2v) is 4.39. The van der Waals surface area contributed by atoms with Crippen LogP contribution in [0.4, 0.5) is 19.1 Å². The topological polar surface area (TPSA) is 37.8 Å². The van der Waals surface area contributed by atoms with Gasteiger partial charge >= 0.3 is 0 Å². The molecule has 2 aromatic rings. The fourth-order valence-corrected chi connectivity index (χ4v) is 1.74. The number of anilines is 1. The zero-order valence-electron chi connectivity index (χ0n) is 11.2. The van der Waals surface area contributed by atoms with Gasteiger partial charge in [-0.15, -0.1) is 0 Å². The van der Waals surface area contributed by atoms with E-state index in [0.717, 1.165) is 12.5 Å². The molecule has 0 aliphatic heterocycles. The molecule has 1 heterocycles. The molecule has 0 spiro atoms. The fraction of sp³-hybridized carbons (Fsp3) is 0.286. The van der Waals surface area contributed by atoms with E-state index in [0.29, 0.717) is 24.3 Å². The molecular weight excluding hydrogens is 267 g/mol. The standard InChI is InChI=1S/C14H14F3N3/c1-3-4-18-14-19-8(2)5-13(20-14)9-6-11(16)12(17)7-10(9)15/h5-7H,3-4H2,1-2H3,(H,18,19,20). The Balaban J connectivity index is 2.47. The lowest BCUT2D eigenvalue weighted by Crippen LogP contribution is -2.06. The number of hydrogen-bond donors (Lipinski definition) is 1. The molecule has 0 saturated heterocycles. The maximum atomic E-state index is 13.7. The van der Waals surface area contributed by atoms with Gasteiger partial charge in [0.25, 0.3) is 0 Å². The summed E-state index contributed by atoms with van der Waals surface area (Å²) >= 11 is 0. The lowest BCUT2D eigenvalue weighted by Gasteiger charge is -2.08. The molecule has 1 aromatic carbocycles. The first-order valence-electron chi connectivity index (χ1n) is 6.25. The van der Waals surface area contributed by atoms with Crippen molar-refractivity contribution < 1.29 is 13.2 Å². The third-order valence-electron chi connectivity index (χ3n) is 2.67. The Hall–Kier alpha value is -2.11. The minimum absolute atomic E-state index is 0.0889. The average molecular weight is 281 g/mol. The largest absolute Gasteiger partial charge is 0.354 e. The Morgan fingerprint density at radius 3 is 2.40 bits per heavy atom. The van der Waals surface area contributed by atoms with Gasteiger partial charge in [0.2, 0.25) is 5.95 Å². The van der Waals surface area contributed by atoms with E-state index in [2.05, 4.69) is 15.3 Å². The molecule has 0 bridgehead atoms. The van der Waals surface area contributed by atoms with Gasteiger partial charge in [-0.1, -0.05) is 6.92 Å². The molecule has 0 amide bonds. The zero-order valence-corrected chi connectivity index (χ0v) is 11.2. The highest BCUT2D eigenvalue weighted by Crippen LogP contribution is 2.25. The van der Waals surface area contributed by atoms with Crippen LogP contribution in [0.5, 0.6) is 0 Å². The summed E-state index contributed by atoms with van der Waals surface area (Å²) in [6, 6.07) is 2.84. The number of aryl methyl sites for hydroxylation is 1. The Labute approximate surface area is 114 Å². The van der Waals surface area contributed by atoms with Crippen LogP contribution < -0.4 is 5.32 Å². The molecule has 1 aromatic heterocycles. The summed E-state index contributed by atoms with van der Waals surface area (Å²) in [6.07, 6.45) is 0.881. The van der Waals surface area contributed by atoms with Crippen molar-refractivity contribution in [1.29, 1.82) is 0 Å². The number of nitrogens with one attached hydrogen (secondary N) is 1. The van der Waals surface area contributed by atoms with Crippen molar-refractivity contribution in [2.45, 2.75) is 20.3 Å². The maximum Gasteiger partial charge on any atom is 0.223 e. The van der Waals surface area contributed by atoms with E-state index in [1.165, 1.54) is 6.07 Å². The van der Waals surface area contributed by atoms with Gasteiger partial charge in [0.1, 0.15) is 5.82 Å². The fourth-order valence-electron chi connectivity index (χ4n) is 1.74. The molecule has 0 radical (unpaired) electrons. The van der Waals surface area contributed by atoms with Crippen molar-refractivity contribution in [3.63, 3.8) is 0 Å². The molecule has 0 fully saturated rings. The maximum absolute atomic E-state index is 13.7. The number of nitrogens with zero attached hydrogens (tertiary/aromatic N) is 2. The lowest BCUT2D eigenvalue weighted by molar-refractivity contribution is 0.496. The second kappa shape index (κ2) is 5.90. The van der Waals surface area contributed by atoms with Gasteiger partial charge < -0.3 is 5.32 Å². The Bertz CT molecular complexity index is 629. The highest BCUT2D eigenvalue weighted by molar-refractivity contribution is 5.61. The van der Waals surface area contributed by atoms with Crippen molar-refractivity contribution in [2.75, 3.05) is 11.9 Å². The first-order chi connectivity index (χ1) is 9.51. The van der Waals surface area contributed by atoms with Gasteiger partial charge in [-0.05, 0) is 25.5 Å². The second-order valence-electron chi connectivity index (χ2n) is 4.39. The van der Waals surface area contributed by atoms with Crippen molar-refractivity contribution >= 4 is 5.95 Å². The zero-order chi connectivity index (χ0) is 14.7. The van der Waals surface area contributed by atoms with Crippen molar-refractivity contribution in [1.82, 2.24) is 9.97 Å². The molecule has 1 N–H and O–H groups in total. The van der Waals surface area contributed by atoms with Crippen LogP contribution in [0.25, 0.3) is 11.3 Å². The summed E-state index contributed by atoms with van der Waals surface area (Å²) in [4.78, 5) is 8.28. The first-order valence-corrected chi connectivity index (χ1v) is 6.25. The number of aromatic nitrogens is 2. The number of rotatable bonds is 4. The minimum Gasteiger partial charge on any atom is -0.354 e. The van der Waals surface area contributed by atoms with E-state index in [4.69, 9.17) is 0 Å². The van der Waals surface area contributed by atoms with Gasteiger partial charge in [0.15, 0.2) is 11.6 Å². The van der Waals surface area contributed by atoms with Crippen LogP contribution in [-0.4, -0.2) is 16.5 Å². The molecule has 0 atom stereocenters. The number of halogens is 3. The molecule has 3 nitrogen and oxygen atoms in total. The minimum atomic E-state index is -1.22. The van der Waals surface area contributed by atoms with E-state index in [9.17, 15) is 13.2 Å². The van der Waals surface area contributed by atoms with Gasteiger partial charge in [-0.2, -0.15) is 0 Å². The highest BCUT2D eigenvalue weighted by Gasteiger charge is 2.14. The quantitative estimate of drug-likeness (QED) is 0.868. The van der Waals surface area contributed by atoms with Crippen LogP contribution in [0.3, 0.4) is 0 Å². The summed E-state index contributed by atoms with van der Waals surface area (Å²) < 4.78 is 39.9. The Kier molecular flexibility index (Phi) is 4.22. The summed E-state index contributed by atoms with van der Waals surface area (Å²) in [7, 11) is 0. The first kappa shape index (κ1) is 14.3. The third kappa shape index (κ3) is 3.07. The van der Waals surface area contributed by atoms with Gasteiger partial charge in [0.05, 0.1) is 5.69 Å². The van der Waals surface area contributed by atoms with E-state index < -0.39 is 17.5 Å². The van der Waals surface area contributed by atoms with Crippen LogP contribution >= 0.6 is 0 Å². The van der Waals surface area contributed by atoms with Crippen LogP contribution in [0.15, 0.2) is 18.2 Å². The van der Waals surface area contributed by atoms with E-state index in [-0.39, 0.29) is 11.3 Å². The summed E-state index contributed by atoms with van der Waals surface area (Å²) in [5, 5.41) is 2.98. The van der Waals surface area contributed by atoms with E-state index in [1.807, 2.05) is 6.92 Å². The third-order valence-corrected chi connectivity index (χ3v) is 2.67. The molecular formula is C14H14F3N3. The van der Waals surface area contributed by atoms with Crippen molar-refractivity contribution in [2.24, 2.45) is 0 Å². The monoisotopic (exact) mass is 281 g/mol. The number of benzene rings is 1. The molecule has 0 unspecified atom stereocenters. The summed E-state index contributed by atoms with van der Waals surface area (Å²) in [6.45, 7) is 4.38. The van der Waals surface area contributed by atoms with Gasteiger partial charge in [-0.25, -0.2) is 23.1 Å². The van der Waals surface area contributed by atoms with Crippen LogP contribution in [-0.2, 0) is 0 Å². The smallest absolute Gasteiger partial charge is 0.223 e. The summed E-state index contributed by atoms with van der Waals surface area (Å²) in [5.41, 5.74) is 0.735. The van der Waals surface area contributed by atoms with Gasteiger partial charge in [0, 0.05) is 23.9 Å². The Morgan fingerprint density at radius 2 is 1.70 bits per heavy atom. The molecule has 20 heavy (non-hydrogen) atoms. The number of hydrogen-bond acceptors (Lipinski definition) is 3. The predicted molar refractivity (Wildman–Crippen MR) is 70.9 cm³/mol. The Morgan fingerprint density at radius 1 is 1.00 bits per heavy atom. The SMILES string of the molecule is CCCNc1nc(C)cc(-c2cc(F)c(F)cc2F)n1. The van der Waals surface area contributed by atoms with Gasteiger partial charge in [-0.3, -0.25) is 0 Å². The van der Waals surface area contributed by atoms with Crippen molar-refractivity contribution in [3.05, 3.63) is 41.3 Å². The molecule has 6 heteroatoms. The highest BCUT2D eigenvalue weighted by atomic mass is 19.2. The molecule has 0 aliphatic rings. The van der Waals surface area contributed by atoms with Crippen LogP contribution in [0.2, 0.25) is 0 Å².